The molecular weight excluding hydrogens is 528 g/mol. The first-order valence-electron chi connectivity index (χ1n) is 15.2. The SMILES string of the molecule is Cc1cc(-c2cccc(CN3CCC(N4CCCC4)CC3)c2)cc2c1nc(-c1ccc(S(C)(=O)=O)cc1)n2C1CC1. The third-order valence-corrected chi connectivity index (χ3v) is 10.4. The van der Waals surface area contributed by atoms with Gasteiger partial charge in [-0.2, -0.15) is 0 Å². The minimum absolute atomic E-state index is 0.338. The molecule has 0 bridgehead atoms. The van der Waals surface area contributed by atoms with E-state index in [1.807, 2.05) is 12.1 Å². The first-order chi connectivity index (χ1) is 19.8. The first-order valence-corrected chi connectivity index (χ1v) is 17.1. The predicted molar refractivity (Wildman–Crippen MR) is 166 cm³/mol. The Morgan fingerprint density at radius 2 is 1.54 bits per heavy atom. The van der Waals surface area contributed by atoms with E-state index in [1.54, 1.807) is 12.1 Å². The molecule has 1 aliphatic carbocycles. The average Bonchev–Trinajstić information content (AvgIpc) is 3.49. The van der Waals surface area contributed by atoms with Gasteiger partial charge in [0.05, 0.1) is 15.9 Å². The monoisotopic (exact) mass is 568 g/mol. The van der Waals surface area contributed by atoms with Crippen molar-refractivity contribution in [1.29, 1.82) is 0 Å². The Hall–Kier alpha value is -3.00. The third kappa shape index (κ3) is 5.47. The minimum Gasteiger partial charge on any atom is -0.321 e. The quantitative estimate of drug-likeness (QED) is 0.256. The number of aromatic nitrogens is 2. The highest BCUT2D eigenvalue weighted by atomic mass is 32.2. The van der Waals surface area contributed by atoms with E-state index >= 15 is 0 Å². The summed E-state index contributed by atoms with van der Waals surface area (Å²) in [6, 6.07) is 22.0. The lowest BCUT2D eigenvalue weighted by atomic mass is 9.99. The first kappa shape index (κ1) is 26.9. The summed E-state index contributed by atoms with van der Waals surface area (Å²) in [5.74, 6) is 0.925. The van der Waals surface area contributed by atoms with Crippen LogP contribution in [0, 0.1) is 6.92 Å². The van der Waals surface area contributed by atoms with Crippen LogP contribution in [-0.2, 0) is 16.4 Å². The number of fused-ring (bicyclic) bond motifs is 1. The molecule has 3 aliphatic rings. The van der Waals surface area contributed by atoms with Crippen LogP contribution in [0.3, 0.4) is 0 Å². The molecule has 2 saturated heterocycles. The van der Waals surface area contributed by atoms with Gasteiger partial charge in [0.15, 0.2) is 9.84 Å². The van der Waals surface area contributed by atoms with E-state index in [9.17, 15) is 8.42 Å². The Morgan fingerprint density at radius 3 is 2.22 bits per heavy atom. The molecule has 0 radical (unpaired) electrons. The molecule has 1 aromatic heterocycles. The van der Waals surface area contributed by atoms with Gasteiger partial charge in [-0.05, 0) is 136 Å². The van der Waals surface area contributed by atoms with E-state index in [4.69, 9.17) is 4.98 Å². The van der Waals surface area contributed by atoms with Crippen LogP contribution in [0.4, 0.5) is 0 Å². The van der Waals surface area contributed by atoms with Crippen LogP contribution in [0.1, 0.15) is 55.7 Å². The van der Waals surface area contributed by atoms with Crippen molar-refractivity contribution in [3.05, 3.63) is 71.8 Å². The Labute approximate surface area is 243 Å². The van der Waals surface area contributed by atoms with Gasteiger partial charge in [0.25, 0.3) is 0 Å². The molecule has 4 aromatic rings. The number of nitrogens with zero attached hydrogens (tertiary/aromatic N) is 4. The Balaban J connectivity index is 1.16. The highest BCUT2D eigenvalue weighted by molar-refractivity contribution is 7.90. The van der Waals surface area contributed by atoms with Gasteiger partial charge < -0.3 is 9.47 Å². The number of piperidine rings is 1. The van der Waals surface area contributed by atoms with Crippen LogP contribution in [0.2, 0.25) is 0 Å². The fraction of sp³-hybridized carbons (Fsp3) is 0.441. The van der Waals surface area contributed by atoms with Crippen molar-refractivity contribution in [2.45, 2.75) is 69.0 Å². The molecule has 0 N–H and O–H groups in total. The molecule has 3 heterocycles. The van der Waals surface area contributed by atoms with E-state index < -0.39 is 9.84 Å². The topological polar surface area (TPSA) is 58.4 Å². The molecule has 3 aromatic carbocycles. The number of rotatable bonds is 7. The highest BCUT2D eigenvalue weighted by Crippen LogP contribution is 2.43. The smallest absolute Gasteiger partial charge is 0.175 e. The van der Waals surface area contributed by atoms with E-state index in [0.29, 0.717) is 10.9 Å². The van der Waals surface area contributed by atoms with Crippen LogP contribution in [0.15, 0.2) is 65.6 Å². The predicted octanol–water partition coefficient (Wildman–Crippen LogP) is 6.48. The van der Waals surface area contributed by atoms with Crippen molar-refractivity contribution in [1.82, 2.24) is 19.4 Å². The molecular formula is C34H40N4O2S. The molecule has 0 atom stereocenters. The second-order valence-electron chi connectivity index (χ2n) is 12.4. The molecule has 0 amide bonds. The number of imidazole rings is 1. The Kier molecular flexibility index (Phi) is 7.00. The zero-order valence-corrected chi connectivity index (χ0v) is 25.0. The van der Waals surface area contributed by atoms with Crippen LogP contribution in [0.5, 0.6) is 0 Å². The normalized spacial score (nSPS) is 19.4. The summed E-state index contributed by atoms with van der Waals surface area (Å²) in [7, 11) is -3.23. The van der Waals surface area contributed by atoms with Gasteiger partial charge >= 0.3 is 0 Å². The fourth-order valence-corrected chi connectivity index (χ4v) is 7.58. The highest BCUT2D eigenvalue weighted by Gasteiger charge is 2.30. The van der Waals surface area contributed by atoms with Crippen LogP contribution < -0.4 is 0 Å². The molecule has 41 heavy (non-hydrogen) atoms. The number of hydrogen-bond donors (Lipinski definition) is 0. The molecule has 1 saturated carbocycles. The zero-order valence-electron chi connectivity index (χ0n) is 24.2. The maximum absolute atomic E-state index is 12.0. The van der Waals surface area contributed by atoms with Gasteiger partial charge in [0, 0.05) is 30.4 Å². The van der Waals surface area contributed by atoms with Crippen LogP contribution in [-0.4, -0.2) is 66.2 Å². The second-order valence-corrected chi connectivity index (χ2v) is 14.5. The van der Waals surface area contributed by atoms with Gasteiger partial charge in [-0.1, -0.05) is 18.2 Å². The van der Waals surface area contributed by atoms with Crippen molar-refractivity contribution >= 4 is 20.9 Å². The molecule has 7 heteroatoms. The standard InChI is InChI=1S/C34H40N4O2S/c1-24-20-28(27-7-5-6-25(21-27)23-36-18-14-29(15-19-36)37-16-3-4-17-37)22-32-33(24)35-34(38(32)30-10-11-30)26-8-12-31(13-9-26)41(2,39)40/h5-9,12-13,20-22,29-30H,3-4,10-11,14-19,23H2,1-2H3. The number of likely N-dealkylation sites (tertiary alicyclic amines) is 2. The zero-order chi connectivity index (χ0) is 28.1. The van der Waals surface area contributed by atoms with Gasteiger partial charge in [-0.25, -0.2) is 13.4 Å². The van der Waals surface area contributed by atoms with E-state index in [-0.39, 0.29) is 0 Å². The van der Waals surface area contributed by atoms with E-state index in [0.717, 1.165) is 42.3 Å². The summed E-state index contributed by atoms with van der Waals surface area (Å²) in [5.41, 5.74) is 8.17. The molecule has 0 unspecified atom stereocenters. The van der Waals surface area contributed by atoms with Crippen molar-refractivity contribution in [3.8, 4) is 22.5 Å². The molecule has 3 fully saturated rings. The number of sulfone groups is 1. The van der Waals surface area contributed by atoms with Crippen molar-refractivity contribution in [2.24, 2.45) is 0 Å². The molecule has 6 nitrogen and oxygen atoms in total. The number of benzene rings is 3. The lowest BCUT2D eigenvalue weighted by molar-refractivity contribution is 0.122. The molecule has 0 spiro atoms. The fourth-order valence-electron chi connectivity index (χ4n) is 6.94. The van der Waals surface area contributed by atoms with Gasteiger partial charge in [-0.3, -0.25) is 4.90 Å². The average molecular weight is 569 g/mol. The van der Waals surface area contributed by atoms with E-state index in [2.05, 4.69) is 57.7 Å². The van der Waals surface area contributed by atoms with Gasteiger partial charge in [0.2, 0.25) is 0 Å². The largest absolute Gasteiger partial charge is 0.321 e. The molecule has 2 aliphatic heterocycles. The lowest BCUT2D eigenvalue weighted by Gasteiger charge is -2.36. The number of hydrogen-bond acceptors (Lipinski definition) is 5. The van der Waals surface area contributed by atoms with Gasteiger partial charge in [-0.15, -0.1) is 0 Å². The van der Waals surface area contributed by atoms with Crippen molar-refractivity contribution < 1.29 is 8.42 Å². The van der Waals surface area contributed by atoms with Gasteiger partial charge in [0.1, 0.15) is 5.82 Å². The Morgan fingerprint density at radius 1 is 0.805 bits per heavy atom. The maximum Gasteiger partial charge on any atom is 0.175 e. The van der Waals surface area contributed by atoms with Crippen molar-refractivity contribution in [2.75, 3.05) is 32.4 Å². The molecule has 7 rings (SSSR count). The summed E-state index contributed by atoms with van der Waals surface area (Å²) in [5, 5.41) is 0. The summed E-state index contributed by atoms with van der Waals surface area (Å²) < 4.78 is 26.4. The summed E-state index contributed by atoms with van der Waals surface area (Å²) in [6.45, 7) is 8.13. The Bertz CT molecular complexity index is 1670. The minimum atomic E-state index is -3.23. The summed E-state index contributed by atoms with van der Waals surface area (Å²) in [4.78, 5) is 10.8. The summed E-state index contributed by atoms with van der Waals surface area (Å²) in [6.07, 6.45) is 8.87. The van der Waals surface area contributed by atoms with Crippen LogP contribution >= 0.6 is 0 Å². The second kappa shape index (κ2) is 10.7. The van der Waals surface area contributed by atoms with E-state index in [1.165, 1.54) is 85.9 Å². The third-order valence-electron chi connectivity index (χ3n) is 9.32. The van der Waals surface area contributed by atoms with Crippen molar-refractivity contribution in [3.63, 3.8) is 0 Å². The summed E-state index contributed by atoms with van der Waals surface area (Å²) >= 11 is 0. The van der Waals surface area contributed by atoms with Crippen LogP contribution in [0.25, 0.3) is 33.5 Å². The lowest BCUT2D eigenvalue weighted by Crippen LogP contribution is -2.43. The maximum atomic E-state index is 12.0. The molecule has 214 valence electrons. The number of aryl methyl sites for hydroxylation is 1.